The molecule has 0 saturated heterocycles. The number of methoxy groups -OCH3 is 1. The van der Waals surface area contributed by atoms with Crippen LogP contribution in [0.3, 0.4) is 0 Å². The first-order chi connectivity index (χ1) is 6.57. The molecule has 0 aliphatic carbocycles. The van der Waals surface area contributed by atoms with Gasteiger partial charge in [-0.25, -0.2) is 0 Å². The molecule has 0 bridgehead atoms. The van der Waals surface area contributed by atoms with Crippen LogP contribution in [-0.2, 0) is 11.2 Å². The van der Waals surface area contributed by atoms with Crippen LogP contribution in [0.25, 0.3) is 0 Å². The molecule has 0 spiro atoms. The molecule has 0 fully saturated rings. The molecule has 0 radical (unpaired) electrons. The van der Waals surface area contributed by atoms with Gasteiger partial charge in [-0.2, -0.15) is 0 Å². The number of ether oxygens (including phenoxy) is 1. The van der Waals surface area contributed by atoms with Gasteiger partial charge in [0.1, 0.15) is 0 Å². The van der Waals surface area contributed by atoms with E-state index in [9.17, 15) is 4.79 Å². The van der Waals surface area contributed by atoms with Crippen LogP contribution >= 0.6 is 11.6 Å². The summed E-state index contributed by atoms with van der Waals surface area (Å²) in [5, 5.41) is -0.403. The highest BCUT2D eigenvalue weighted by Gasteiger charge is 2.15. The van der Waals surface area contributed by atoms with Gasteiger partial charge in [0.2, 0.25) is 0 Å². The van der Waals surface area contributed by atoms with Gasteiger partial charge in [-0.1, -0.05) is 0 Å². The zero-order valence-corrected chi connectivity index (χ0v) is 9.36. The van der Waals surface area contributed by atoms with Crippen molar-refractivity contribution in [3.05, 3.63) is 22.5 Å². The van der Waals surface area contributed by atoms with E-state index in [1.165, 1.54) is 0 Å². The van der Waals surface area contributed by atoms with Crippen LogP contribution in [-0.4, -0.2) is 23.9 Å². The van der Waals surface area contributed by atoms with E-state index in [4.69, 9.17) is 16.3 Å². The fourth-order valence-electron chi connectivity index (χ4n) is 1.56. The Hall–Kier alpha value is -0.800. The van der Waals surface area contributed by atoms with Gasteiger partial charge in [0.25, 0.3) is 5.24 Å². The van der Waals surface area contributed by atoms with Crippen LogP contribution in [0, 0.1) is 13.8 Å². The Morgan fingerprint density at radius 1 is 1.50 bits per heavy atom. The Morgan fingerprint density at radius 2 is 2.14 bits per heavy atom. The third-order valence-electron chi connectivity index (χ3n) is 2.29. The number of nitrogens with one attached hydrogen (secondary N) is 1. The Bertz CT molecular complexity index is 344. The molecule has 4 heteroatoms. The molecule has 0 aliphatic rings. The van der Waals surface area contributed by atoms with Gasteiger partial charge in [0, 0.05) is 24.9 Å². The van der Waals surface area contributed by atoms with E-state index in [0.717, 1.165) is 23.4 Å². The highest BCUT2D eigenvalue weighted by molar-refractivity contribution is 6.68. The second kappa shape index (κ2) is 4.62. The van der Waals surface area contributed by atoms with Crippen LogP contribution in [0.4, 0.5) is 0 Å². The smallest absolute Gasteiger partial charge is 0.254 e. The lowest BCUT2D eigenvalue weighted by atomic mass is 10.1. The molecule has 0 aliphatic heterocycles. The van der Waals surface area contributed by atoms with Gasteiger partial charge < -0.3 is 9.72 Å². The maximum Gasteiger partial charge on any atom is 0.254 e. The average Bonchev–Trinajstić information content (AvgIpc) is 2.38. The van der Waals surface area contributed by atoms with Gasteiger partial charge in [0.15, 0.2) is 0 Å². The zero-order chi connectivity index (χ0) is 10.7. The number of aromatic nitrogens is 1. The van der Waals surface area contributed by atoms with E-state index in [-0.39, 0.29) is 0 Å². The molecule has 0 aromatic carbocycles. The summed E-state index contributed by atoms with van der Waals surface area (Å²) in [6.45, 7) is 4.37. The summed E-state index contributed by atoms with van der Waals surface area (Å²) in [6.07, 6.45) is 0.771. The van der Waals surface area contributed by atoms with Crippen LogP contribution in [0.15, 0.2) is 0 Å². The normalized spacial score (nSPS) is 10.6. The maximum atomic E-state index is 11.1. The molecule has 1 aromatic heterocycles. The van der Waals surface area contributed by atoms with Gasteiger partial charge in [-0.15, -0.1) is 0 Å². The molecule has 1 rings (SSSR count). The van der Waals surface area contributed by atoms with Crippen molar-refractivity contribution in [2.45, 2.75) is 20.3 Å². The second-order valence-electron chi connectivity index (χ2n) is 3.25. The minimum absolute atomic E-state index is 0.403. The van der Waals surface area contributed by atoms with Gasteiger partial charge in [-0.3, -0.25) is 4.79 Å². The largest absolute Gasteiger partial charge is 0.384 e. The molecule has 0 atom stereocenters. The topological polar surface area (TPSA) is 42.1 Å². The van der Waals surface area contributed by atoms with Crippen molar-refractivity contribution in [2.24, 2.45) is 0 Å². The fraction of sp³-hybridized carbons (Fsp3) is 0.500. The Morgan fingerprint density at radius 3 is 2.57 bits per heavy atom. The third kappa shape index (κ3) is 2.16. The van der Waals surface area contributed by atoms with E-state index >= 15 is 0 Å². The second-order valence-corrected chi connectivity index (χ2v) is 3.59. The molecule has 0 unspecified atom stereocenters. The average molecular weight is 216 g/mol. The van der Waals surface area contributed by atoms with Gasteiger partial charge in [-0.05, 0) is 31.0 Å². The summed E-state index contributed by atoms with van der Waals surface area (Å²) in [4.78, 5) is 14.2. The molecule has 0 saturated carbocycles. The number of carbonyl (C=O) groups is 1. The highest BCUT2D eigenvalue weighted by atomic mass is 35.5. The third-order valence-corrected chi connectivity index (χ3v) is 2.48. The van der Waals surface area contributed by atoms with E-state index in [2.05, 4.69) is 4.98 Å². The van der Waals surface area contributed by atoms with E-state index in [1.807, 2.05) is 13.8 Å². The lowest BCUT2D eigenvalue weighted by Gasteiger charge is -1.98. The van der Waals surface area contributed by atoms with Crippen LogP contribution in [0.1, 0.15) is 27.3 Å². The van der Waals surface area contributed by atoms with Crippen molar-refractivity contribution in [3.63, 3.8) is 0 Å². The highest BCUT2D eigenvalue weighted by Crippen LogP contribution is 2.20. The molecule has 14 heavy (non-hydrogen) atoms. The van der Waals surface area contributed by atoms with Crippen molar-refractivity contribution in [3.8, 4) is 0 Å². The molecule has 0 amide bonds. The maximum absolute atomic E-state index is 11.1. The van der Waals surface area contributed by atoms with E-state index in [1.54, 1.807) is 7.11 Å². The van der Waals surface area contributed by atoms with Crippen molar-refractivity contribution in [1.29, 1.82) is 0 Å². The minimum atomic E-state index is -0.403. The molecule has 1 aromatic rings. The summed E-state index contributed by atoms with van der Waals surface area (Å²) in [5.41, 5.74) is 3.37. The number of rotatable bonds is 4. The van der Waals surface area contributed by atoms with Crippen LogP contribution < -0.4 is 0 Å². The van der Waals surface area contributed by atoms with Crippen LogP contribution in [0.5, 0.6) is 0 Å². The lowest BCUT2D eigenvalue weighted by Crippen LogP contribution is -1.97. The fourth-order valence-corrected chi connectivity index (χ4v) is 1.85. The number of aryl methyl sites for hydroxylation is 1. The molecular weight excluding hydrogens is 202 g/mol. The number of hydrogen-bond donors (Lipinski definition) is 1. The number of aromatic amines is 1. The minimum Gasteiger partial charge on any atom is -0.384 e. The van der Waals surface area contributed by atoms with Gasteiger partial charge >= 0.3 is 0 Å². The summed E-state index contributed by atoms with van der Waals surface area (Å²) >= 11 is 5.47. The number of H-pyrrole nitrogens is 1. The summed E-state index contributed by atoms with van der Waals surface area (Å²) in [6, 6.07) is 0. The number of halogens is 1. The molecule has 1 heterocycles. The lowest BCUT2D eigenvalue weighted by molar-refractivity contribution is 0.108. The SMILES string of the molecule is COCCc1[nH]c(C)c(C(=O)Cl)c1C. The first kappa shape index (κ1) is 11.3. The van der Waals surface area contributed by atoms with Crippen LogP contribution in [0.2, 0.25) is 0 Å². The number of carbonyl (C=O) groups excluding carboxylic acids is 1. The van der Waals surface area contributed by atoms with Crippen molar-refractivity contribution < 1.29 is 9.53 Å². The number of hydrogen-bond acceptors (Lipinski definition) is 2. The molecule has 1 N–H and O–H groups in total. The summed E-state index contributed by atoms with van der Waals surface area (Å²) in [7, 11) is 1.65. The first-order valence-corrected chi connectivity index (χ1v) is 4.82. The van der Waals surface area contributed by atoms with Crippen molar-refractivity contribution >= 4 is 16.8 Å². The molecule has 78 valence electrons. The Labute approximate surface area is 88.4 Å². The quantitative estimate of drug-likeness (QED) is 0.783. The Balaban J connectivity index is 2.98. The van der Waals surface area contributed by atoms with Crippen molar-refractivity contribution in [1.82, 2.24) is 4.98 Å². The summed E-state index contributed by atoms with van der Waals surface area (Å²) < 4.78 is 4.97. The van der Waals surface area contributed by atoms with E-state index < -0.39 is 5.24 Å². The predicted octanol–water partition coefficient (Wildman–Crippen LogP) is 2.20. The van der Waals surface area contributed by atoms with E-state index in [0.29, 0.717) is 12.2 Å². The molecule has 3 nitrogen and oxygen atoms in total. The first-order valence-electron chi connectivity index (χ1n) is 4.44. The molecular formula is C10H14ClNO2. The zero-order valence-electron chi connectivity index (χ0n) is 8.61. The standard InChI is InChI=1S/C10H14ClNO2/c1-6-8(4-5-14-3)12-7(2)9(6)10(11)13/h12H,4-5H2,1-3H3. The van der Waals surface area contributed by atoms with Crippen molar-refractivity contribution in [2.75, 3.05) is 13.7 Å². The predicted molar refractivity (Wildman–Crippen MR) is 56.0 cm³/mol. The monoisotopic (exact) mass is 215 g/mol. The van der Waals surface area contributed by atoms with Gasteiger partial charge in [0.05, 0.1) is 12.2 Å². The Kier molecular flexibility index (Phi) is 3.72. The summed E-state index contributed by atoms with van der Waals surface area (Å²) in [5.74, 6) is 0.